The van der Waals surface area contributed by atoms with Crippen LogP contribution in [-0.2, 0) is 0 Å². The van der Waals surface area contributed by atoms with E-state index >= 15 is 0 Å². The molecule has 3 aromatic heterocycles. The van der Waals surface area contributed by atoms with Crippen LogP contribution in [-0.4, -0.2) is 19.9 Å². The molecule has 2 N–H and O–H groups in total. The van der Waals surface area contributed by atoms with Gasteiger partial charge in [-0.3, -0.25) is 4.98 Å². The molecule has 3 aromatic carbocycles. The van der Waals surface area contributed by atoms with Crippen molar-refractivity contribution >= 4 is 43.6 Å². The van der Waals surface area contributed by atoms with Crippen molar-refractivity contribution < 1.29 is 4.39 Å². The number of fused-ring (bicyclic) bond motifs is 5. The molecular weight excluding hydrogens is 363 g/mol. The predicted molar refractivity (Wildman–Crippen MR) is 116 cm³/mol. The van der Waals surface area contributed by atoms with Gasteiger partial charge in [0, 0.05) is 39.6 Å². The first kappa shape index (κ1) is 16.2. The van der Waals surface area contributed by atoms with E-state index in [-0.39, 0.29) is 5.82 Å². The van der Waals surface area contributed by atoms with Crippen molar-refractivity contribution in [3.05, 3.63) is 71.8 Å². The van der Waals surface area contributed by atoms with Gasteiger partial charge in [0.15, 0.2) is 0 Å². The zero-order chi connectivity index (χ0) is 19.7. The molecule has 5 heteroatoms. The SMILES string of the molecule is Cc1c2ccncc2c(C)c2c1[nH]c1ccc(-c3nc4ccc(F)cc4[nH]3)cc12. The van der Waals surface area contributed by atoms with E-state index in [1.54, 1.807) is 6.07 Å². The highest BCUT2D eigenvalue weighted by Gasteiger charge is 2.15. The molecule has 0 atom stereocenters. The number of hydrogen-bond donors (Lipinski definition) is 2. The molecule has 0 amide bonds. The van der Waals surface area contributed by atoms with E-state index in [9.17, 15) is 4.39 Å². The van der Waals surface area contributed by atoms with E-state index in [1.807, 2.05) is 18.5 Å². The molecule has 6 aromatic rings. The van der Waals surface area contributed by atoms with Gasteiger partial charge in [-0.25, -0.2) is 9.37 Å². The molecule has 140 valence electrons. The second-order valence-corrected chi connectivity index (χ2v) is 7.55. The van der Waals surface area contributed by atoms with Gasteiger partial charge in [-0.2, -0.15) is 0 Å². The Bertz CT molecular complexity index is 1590. The lowest BCUT2D eigenvalue weighted by molar-refractivity contribution is 0.629. The number of nitrogens with one attached hydrogen (secondary N) is 2. The molecule has 0 aliphatic rings. The largest absolute Gasteiger partial charge is 0.354 e. The number of H-pyrrole nitrogens is 2. The number of aromatic nitrogens is 4. The van der Waals surface area contributed by atoms with Crippen molar-refractivity contribution in [2.45, 2.75) is 13.8 Å². The van der Waals surface area contributed by atoms with Crippen LogP contribution >= 0.6 is 0 Å². The average Bonchev–Trinajstić information content (AvgIpc) is 3.32. The van der Waals surface area contributed by atoms with E-state index in [0.717, 1.165) is 33.3 Å². The molecule has 0 fully saturated rings. The Kier molecular flexibility index (Phi) is 3.16. The van der Waals surface area contributed by atoms with Gasteiger partial charge in [-0.15, -0.1) is 0 Å². The Labute approximate surface area is 165 Å². The van der Waals surface area contributed by atoms with Crippen molar-refractivity contribution in [1.82, 2.24) is 19.9 Å². The highest BCUT2D eigenvalue weighted by Crippen LogP contribution is 2.37. The van der Waals surface area contributed by atoms with E-state index < -0.39 is 0 Å². The zero-order valence-electron chi connectivity index (χ0n) is 16.0. The third kappa shape index (κ3) is 2.24. The quantitative estimate of drug-likeness (QED) is 0.358. The maximum atomic E-state index is 13.5. The maximum absolute atomic E-state index is 13.5. The first-order valence-electron chi connectivity index (χ1n) is 9.54. The number of nitrogens with zero attached hydrogens (tertiary/aromatic N) is 2. The summed E-state index contributed by atoms with van der Waals surface area (Å²) in [6.45, 7) is 4.30. The number of aryl methyl sites for hydroxylation is 2. The first-order valence-corrected chi connectivity index (χ1v) is 9.54. The Hall–Kier alpha value is -3.73. The van der Waals surface area contributed by atoms with Crippen LogP contribution in [0.3, 0.4) is 0 Å². The Balaban J connectivity index is 1.66. The predicted octanol–water partition coefficient (Wildman–Crippen LogP) is 6.17. The topological polar surface area (TPSA) is 57.4 Å². The summed E-state index contributed by atoms with van der Waals surface area (Å²) >= 11 is 0. The summed E-state index contributed by atoms with van der Waals surface area (Å²) < 4.78 is 13.5. The molecule has 0 saturated heterocycles. The number of pyridine rings is 1. The third-order valence-corrected chi connectivity index (χ3v) is 5.90. The first-order chi connectivity index (χ1) is 14.1. The molecule has 0 spiro atoms. The van der Waals surface area contributed by atoms with E-state index in [1.165, 1.54) is 39.4 Å². The second-order valence-electron chi connectivity index (χ2n) is 7.55. The molecule has 0 aliphatic carbocycles. The molecule has 3 heterocycles. The number of rotatable bonds is 1. The molecule has 0 saturated carbocycles. The van der Waals surface area contributed by atoms with Crippen LogP contribution in [0.5, 0.6) is 0 Å². The molecule has 0 unspecified atom stereocenters. The lowest BCUT2D eigenvalue weighted by Crippen LogP contribution is -1.87. The van der Waals surface area contributed by atoms with Gasteiger partial charge in [-0.1, -0.05) is 0 Å². The summed E-state index contributed by atoms with van der Waals surface area (Å²) in [7, 11) is 0. The van der Waals surface area contributed by atoms with Gasteiger partial charge in [0.1, 0.15) is 11.6 Å². The average molecular weight is 380 g/mol. The lowest BCUT2D eigenvalue weighted by atomic mass is 9.96. The summed E-state index contributed by atoms with van der Waals surface area (Å²) in [6.07, 6.45) is 3.78. The minimum atomic E-state index is -0.272. The molecule has 0 aliphatic heterocycles. The molecule has 29 heavy (non-hydrogen) atoms. The normalized spacial score (nSPS) is 12.0. The number of aromatic amines is 2. The fraction of sp³-hybridized carbons (Fsp3) is 0.0833. The Morgan fingerprint density at radius 1 is 0.828 bits per heavy atom. The van der Waals surface area contributed by atoms with Gasteiger partial charge in [0.2, 0.25) is 0 Å². The third-order valence-electron chi connectivity index (χ3n) is 5.90. The van der Waals surface area contributed by atoms with E-state index in [2.05, 4.69) is 52.0 Å². The highest BCUT2D eigenvalue weighted by molar-refractivity contribution is 6.16. The lowest BCUT2D eigenvalue weighted by Gasteiger charge is -2.08. The van der Waals surface area contributed by atoms with Crippen molar-refractivity contribution in [3.63, 3.8) is 0 Å². The molecule has 6 rings (SSSR count). The van der Waals surface area contributed by atoms with Crippen LogP contribution in [0, 0.1) is 19.7 Å². The maximum Gasteiger partial charge on any atom is 0.138 e. The summed E-state index contributed by atoms with van der Waals surface area (Å²) in [5.74, 6) is 0.463. The summed E-state index contributed by atoms with van der Waals surface area (Å²) in [4.78, 5) is 15.8. The number of hydrogen-bond acceptors (Lipinski definition) is 2. The summed E-state index contributed by atoms with van der Waals surface area (Å²) in [5, 5.41) is 4.75. The van der Waals surface area contributed by atoms with Crippen molar-refractivity contribution in [2.75, 3.05) is 0 Å². The van der Waals surface area contributed by atoms with Crippen LogP contribution in [0.2, 0.25) is 0 Å². The van der Waals surface area contributed by atoms with Gasteiger partial charge in [0.05, 0.1) is 16.6 Å². The van der Waals surface area contributed by atoms with Crippen LogP contribution in [0.4, 0.5) is 4.39 Å². The van der Waals surface area contributed by atoms with Crippen LogP contribution < -0.4 is 0 Å². The fourth-order valence-corrected chi connectivity index (χ4v) is 4.42. The Morgan fingerprint density at radius 3 is 2.62 bits per heavy atom. The molecular formula is C24H17FN4. The number of benzene rings is 3. The van der Waals surface area contributed by atoms with Gasteiger partial charge < -0.3 is 9.97 Å². The minimum Gasteiger partial charge on any atom is -0.354 e. The van der Waals surface area contributed by atoms with Crippen LogP contribution in [0.1, 0.15) is 11.1 Å². The molecule has 0 bridgehead atoms. The highest BCUT2D eigenvalue weighted by atomic mass is 19.1. The molecule has 0 radical (unpaired) electrons. The number of halogens is 1. The van der Waals surface area contributed by atoms with Crippen LogP contribution in [0.15, 0.2) is 54.9 Å². The van der Waals surface area contributed by atoms with E-state index in [4.69, 9.17) is 0 Å². The number of imidazole rings is 1. The molecule has 4 nitrogen and oxygen atoms in total. The summed E-state index contributed by atoms with van der Waals surface area (Å²) in [5.41, 5.74) is 7.09. The zero-order valence-corrected chi connectivity index (χ0v) is 16.0. The van der Waals surface area contributed by atoms with Crippen molar-refractivity contribution in [2.24, 2.45) is 0 Å². The van der Waals surface area contributed by atoms with Crippen molar-refractivity contribution in [3.8, 4) is 11.4 Å². The van der Waals surface area contributed by atoms with Gasteiger partial charge in [0.25, 0.3) is 0 Å². The second kappa shape index (κ2) is 5.64. The fourth-order valence-electron chi connectivity index (χ4n) is 4.42. The smallest absolute Gasteiger partial charge is 0.138 e. The minimum absolute atomic E-state index is 0.272. The summed E-state index contributed by atoms with van der Waals surface area (Å²) in [6, 6.07) is 12.9. The van der Waals surface area contributed by atoms with Crippen molar-refractivity contribution in [1.29, 1.82) is 0 Å². The van der Waals surface area contributed by atoms with Gasteiger partial charge >= 0.3 is 0 Å². The van der Waals surface area contributed by atoms with Crippen LogP contribution in [0.25, 0.3) is 55.0 Å². The van der Waals surface area contributed by atoms with Gasteiger partial charge in [-0.05, 0) is 72.8 Å². The van der Waals surface area contributed by atoms with E-state index in [0.29, 0.717) is 5.52 Å². The standard InChI is InChI=1S/C24H17FN4/c1-12-18-11-26-8-7-16(18)13(2)23-22(12)17-9-14(3-5-19(17)27-23)24-28-20-6-4-15(25)10-21(20)29-24/h3-11,27H,1-2H3,(H,28,29). The Morgan fingerprint density at radius 2 is 1.72 bits per heavy atom. The monoisotopic (exact) mass is 380 g/mol.